The van der Waals surface area contributed by atoms with Crippen molar-refractivity contribution in [2.75, 3.05) is 13.2 Å². The predicted octanol–water partition coefficient (Wildman–Crippen LogP) is 3.20. The maximum atomic E-state index is 13.4. The lowest BCUT2D eigenvalue weighted by Gasteiger charge is -2.29. The summed E-state index contributed by atoms with van der Waals surface area (Å²) in [5, 5.41) is 12.3. The van der Waals surface area contributed by atoms with E-state index in [9.17, 15) is 14.3 Å². The van der Waals surface area contributed by atoms with Crippen molar-refractivity contribution in [1.82, 2.24) is 5.32 Å². The number of aliphatic hydroxyl groups is 1. The number of hydrogen-bond donors (Lipinski definition) is 2. The quantitative estimate of drug-likeness (QED) is 0.878. The van der Waals surface area contributed by atoms with E-state index in [2.05, 4.69) is 5.32 Å². The topological polar surface area (TPSA) is 58.6 Å². The van der Waals surface area contributed by atoms with Crippen LogP contribution in [0.2, 0.25) is 0 Å². The lowest BCUT2D eigenvalue weighted by molar-refractivity contribution is 0.0478. The van der Waals surface area contributed by atoms with E-state index in [1.54, 1.807) is 26.8 Å². The fourth-order valence-corrected chi connectivity index (χ4v) is 2.06. The van der Waals surface area contributed by atoms with Gasteiger partial charge in [0.15, 0.2) is 0 Å². The minimum Gasteiger partial charge on any atom is -0.444 e. The Morgan fingerprint density at radius 1 is 1.32 bits per heavy atom. The first-order chi connectivity index (χ1) is 10.0. The molecule has 0 saturated carbocycles. The molecule has 0 aliphatic heterocycles. The van der Waals surface area contributed by atoms with Crippen LogP contribution < -0.4 is 5.32 Å². The van der Waals surface area contributed by atoms with Crippen molar-refractivity contribution in [1.29, 1.82) is 0 Å². The Balaban J connectivity index is 2.72. The highest BCUT2D eigenvalue weighted by atomic mass is 19.1. The smallest absolute Gasteiger partial charge is 0.407 e. The number of ether oxygens (including phenoxy) is 1. The number of rotatable bonds is 5. The standard InChI is InChI=1S/C17H26FNO3/c1-12-6-7-14(18)8-13(12)9-17(5,11-20)10-19-15(21)22-16(2,3)4/h6-8,20H,9-11H2,1-5H3,(H,19,21). The van der Waals surface area contributed by atoms with Crippen LogP contribution in [0.15, 0.2) is 18.2 Å². The van der Waals surface area contributed by atoms with Crippen LogP contribution in [0.1, 0.15) is 38.8 Å². The molecule has 1 aromatic carbocycles. The maximum Gasteiger partial charge on any atom is 0.407 e. The molecule has 4 nitrogen and oxygen atoms in total. The van der Waals surface area contributed by atoms with Crippen LogP contribution in [0.4, 0.5) is 9.18 Å². The first kappa shape index (κ1) is 18.4. The van der Waals surface area contributed by atoms with Crippen molar-refractivity contribution >= 4 is 6.09 Å². The van der Waals surface area contributed by atoms with Crippen molar-refractivity contribution < 1.29 is 19.0 Å². The van der Waals surface area contributed by atoms with Crippen molar-refractivity contribution in [3.63, 3.8) is 0 Å². The van der Waals surface area contributed by atoms with Crippen molar-refractivity contribution in [3.8, 4) is 0 Å². The molecule has 0 aliphatic carbocycles. The summed E-state index contributed by atoms with van der Waals surface area (Å²) in [6.07, 6.45) is -0.0637. The number of nitrogens with one attached hydrogen (secondary N) is 1. The second-order valence-corrected chi connectivity index (χ2v) is 7.07. The second-order valence-electron chi connectivity index (χ2n) is 7.07. The van der Waals surface area contributed by atoms with Crippen LogP contribution in [0.25, 0.3) is 0 Å². The first-order valence-electron chi connectivity index (χ1n) is 7.37. The highest BCUT2D eigenvalue weighted by molar-refractivity contribution is 5.67. The third-order valence-electron chi connectivity index (χ3n) is 3.37. The Morgan fingerprint density at radius 2 is 1.95 bits per heavy atom. The summed E-state index contributed by atoms with van der Waals surface area (Å²) in [6.45, 7) is 9.21. The number of halogens is 1. The fourth-order valence-electron chi connectivity index (χ4n) is 2.06. The average molecular weight is 311 g/mol. The van der Waals surface area contributed by atoms with Gasteiger partial charge in [0.1, 0.15) is 11.4 Å². The number of hydrogen-bond acceptors (Lipinski definition) is 3. The zero-order valence-corrected chi connectivity index (χ0v) is 14.0. The second kappa shape index (κ2) is 7.09. The number of aliphatic hydroxyl groups excluding tert-OH is 1. The van der Waals surface area contributed by atoms with Gasteiger partial charge in [0.25, 0.3) is 0 Å². The lowest BCUT2D eigenvalue weighted by atomic mass is 9.83. The summed E-state index contributed by atoms with van der Waals surface area (Å²) in [7, 11) is 0. The van der Waals surface area contributed by atoms with E-state index in [0.717, 1.165) is 11.1 Å². The lowest BCUT2D eigenvalue weighted by Crippen LogP contribution is -2.41. The van der Waals surface area contributed by atoms with Gasteiger partial charge in [0, 0.05) is 12.0 Å². The number of amides is 1. The van der Waals surface area contributed by atoms with Crippen molar-refractivity contribution in [3.05, 3.63) is 35.1 Å². The largest absolute Gasteiger partial charge is 0.444 e. The summed E-state index contributed by atoms with van der Waals surface area (Å²) in [4.78, 5) is 11.7. The maximum absolute atomic E-state index is 13.4. The Hall–Kier alpha value is -1.62. The monoisotopic (exact) mass is 311 g/mol. The van der Waals surface area contributed by atoms with E-state index < -0.39 is 17.1 Å². The molecule has 1 atom stereocenters. The minimum absolute atomic E-state index is 0.126. The SMILES string of the molecule is Cc1ccc(F)cc1CC(C)(CO)CNC(=O)OC(C)(C)C. The number of carbonyl (C=O) groups excluding carboxylic acids is 1. The van der Waals surface area contributed by atoms with Gasteiger partial charge < -0.3 is 15.2 Å². The molecule has 2 N–H and O–H groups in total. The third-order valence-corrected chi connectivity index (χ3v) is 3.37. The molecule has 22 heavy (non-hydrogen) atoms. The van der Waals surface area contributed by atoms with Crippen LogP contribution in [-0.2, 0) is 11.2 Å². The molecule has 0 heterocycles. The summed E-state index contributed by atoms with van der Waals surface area (Å²) >= 11 is 0. The molecule has 1 aromatic rings. The fraction of sp³-hybridized carbons (Fsp3) is 0.588. The van der Waals surface area contributed by atoms with Crippen LogP contribution in [0, 0.1) is 18.2 Å². The van der Waals surface area contributed by atoms with Crippen LogP contribution in [-0.4, -0.2) is 30.0 Å². The molecular formula is C17H26FNO3. The molecule has 5 heteroatoms. The third kappa shape index (κ3) is 6.02. The zero-order valence-electron chi connectivity index (χ0n) is 14.0. The Labute approximate surface area is 131 Å². The molecule has 0 fully saturated rings. The summed E-state index contributed by atoms with van der Waals surface area (Å²) in [5.41, 5.74) is 0.620. The summed E-state index contributed by atoms with van der Waals surface area (Å²) in [6, 6.07) is 4.59. The van der Waals surface area contributed by atoms with E-state index in [1.165, 1.54) is 12.1 Å². The van der Waals surface area contributed by atoms with E-state index in [-0.39, 0.29) is 19.0 Å². The summed E-state index contributed by atoms with van der Waals surface area (Å²) < 4.78 is 18.6. The van der Waals surface area contributed by atoms with E-state index in [4.69, 9.17) is 4.74 Å². The summed E-state index contributed by atoms with van der Waals surface area (Å²) in [5.74, 6) is -0.305. The molecule has 1 rings (SSSR count). The molecule has 1 amide bonds. The highest BCUT2D eigenvalue weighted by Crippen LogP contribution is 2.24. The van der Waals surface area contributed by atoms with Gasteiger partial charge in [-0.2, -0.15) is 0 Å². The van der Waals surface area contributed by atoms with Gasteiger partial charge in [-0.25, -0.2) is 9.18 Å². The Kier molecular flexibility index (Phi) is 5.94. The highest BCUT2D eigenvalue weighted by Gasteiger charge is 2.27. The van der Waals surface area contributed by atoms with Crippen LogP contribution in [0.3, 0.4) is 0 Å². The molecule has 0 saturated heterocycles. The Bertz CT molecular complexity index is 525. The van der Waals surface area contributed by atoms with Crippen LogP contribution in [0.5, 0.6) is 0 Å². The molecule has 0 radical (unpaired) electrons. The van der Waals surface area contributed by atoms with Gasteiger partial charge in [-0.1, -0.05) is 13.0 Å². The molecule has 0 bridgehead atoms. The predicted molar refractivity (Wildman–Crippen MR) is 84.3 cm³/mol. The van der Waals surface area contributed by atoms with Gasteiger partial charge in [-0.05, 0) is 57.4 Å². The molecule has 0 spiro atoms. The number of aryl methyl sites for hydroxylation is 1. The van der Waals surface area contributed by atoms with Crippen LogP contribution >= 0.6 is 0 Å². The Morgan fingerprint density at radius 3 is 2.50 bits per heavy atom. The van der Waals surface area contributed by atoms with E-state index in [0.29, 0.717) is 6.42 Å². The van der Waals surface area contributed by atoms with Gasteiger partial charge in [-0.15, -0.1) is 0 Å². The van der Waals surface area contributed by atoms with Gasteiger partial charge >= 0.3 is 6.09 Å². The molecular weight excluding hydrogens is 285 g/mol. The first-order valence-corrected chi connectivity index (χ1v) is 7.37. The number of alkyl carbamates (subject to hydrolysis) is 1. The number of carbonyl (C=O) groups is 1. The van der Waals surface area contributed by atoms with Crippen molar-refractivity contribution in [2.45, 2.75) is 46.6 Å². The van der Waals surface area contributed by atoms with Gasteiger partial charge in [0.2, 0.25) is 0 Å². The van der Waals surface area contributed by atoms with E-state index >= 15 is 0 Å². The molecule has 0 aromatic heterocycles. The van der Waals surface area contributed by atoms with Gasteiger partial charge in [-0.3, -0.25) is 0 Å². The minimum atomic E-state index is -0.588. The van der Waals surface area contributed by atoms with Gasteiger partial charge in [0.05, 0.1) is 6.61 Å². The molecule has 1 unspecified atom stereocenters. The van der Waals surface area contributed by atoms with Crippen molar-refractivity contribution in [2.24, 2.45) is 5.41 Å². The zero-order chi connectivity index (χ0) is 17.0. The molecule has 0 aliphatic rings. The normalized spacial score (nSPS) is 14.3. The molecule has 124 valence electrons. The van der Waals surface area contributed by atoms with E-state index in [1.807, 2.05) is 13.8 Å². The average Bonchev–Trinajstić information content (AvgIpc) is 2.39. The number of benzene rings is 1.